The molecule has 0 fully saturated rings. The van der Waals surface area contributed by atoms with Gasteiger partial charge in [-0.05, 0) is 56.2 Å². The fourth-order valence-corrected chi connectivity index (χ4v) is 4.34. The first-order chi connectivity index (χ1) is 14.5. The first-order valence-electron chi connectivity index (χ1n) is 9.13. The fraction of sp³-hybridized carbons (Fsp3) is 0.350. The molecule has 1 atom stereocenters. The van der Waals surface area contributed by atoms with E-state index in [2.05, 4.69) is 4.72 Å². The molecule has 0 radical (unpaired) electrons. The van der Waals surface area contributed by atoms with E-state index < -0.39 is 45.3 Å². The highest BCUT2D eigenvalue weighted by Gasteiger charge is 2.44. The highest BCUT2D eigenvalue weighted by molar-refractivity contribution is 7.87. The van der Waals surface area contributed by atoms with Crippen molar-refractivity contribution in [2.24, 2.45) is 0 Å². The van der Waals surface area contributed by atoms with E-state index >= 15 is 0 Å². The molecule has 176 valence electrons. The Hall–Kier alpha value is -2.70. The average Bonchev–Trinajstić information content (AvgIpc) is 2.63. The predicted molar refractivity (Wildman–Crippen MR) is 109 cm³/mol. The Morgan fingerprint density at radius 3 is 2.22 bits per heavy atom. The second kappa shape index (κ2) is 9.04. The lowest BCUT2D eigenvalue weighted by atomic mass is 9.97. The van der Waals surface area contributed by atoms with Crippen molar-refractivity contribution in [3.63, 3.8) is 0 Å². The summed E-state index contributed by atoms with van der Waals surface area (Å²) in [7, 11) is -3.36. The molecule has 2 aromatic carbocycles. The third kappa shape index (κ3) is 6.40. The van der Waals surface area contributed by atoms with Crippen molar-refractivity contribution in [3.8, 4) is 16.9 Å². The fourth-order valence-electron chi connectivity index (χ4n) is 2.90. The number of hydrogen-bond donors (Lipinski definition) is 3. The van der Waals surface area contributed by atoms with Crippen LogP contribution in [0.4, 0.5) is 17.6 Å². The number of benzene rings is 2. The summed E-state index contributed by atoms with van der Waals surface area (Å²) >= 11 is 0. The number of hydrogen-bond acceptors (Lipinski definition) is 4. The number of carboxylic acids is 1. The van der Waals surface area contributed by atoms with Crippen molar-refractivity contribution in [3.05, 3.63) is 53.3 Å². The van der Waals surface area contributed by atoms with Crippen molar-refractivity contribution in [2.45, 2.75) is 38.5 Å². The summed E-state index contributed by atoms with van der Waals surface area (Å²) in [6, 6.07) is 3.26. The first kappa shape index (κ1) is 25.6. The summed E-state index contributed by atoms with van der Waals surface area (Å²) in [4.78, 5) is 11.4. The number of carboxylic acid groups (broad SMARTS) is 1. The summed E-state index contributed by atoms with van der Waals surface area (Å²) in [6.07, 6.45) is -5.05. The molecule has 7 nitrogen and oxygen atoms in total. The Morgan fingerprint density at radius 1 is 1.09 bits per heavy atom. The van der Waals surface area contributed by atoms with Gasteiger partial charge in [-0.15, -0.1) is 0 Å². The number of carbonyl (C=O) groups is 1. The van der Waals surface area contributed by atoms with Crippen LogP contribution in [0, 0.1) is 5.82 Å². The molecule has 12 heteroatoms. The van der Waals surface area contributed by atoms with Gasteiger partial charge in [0, 0.05) is 11.1 Å². The smallest absolute Gasteiger partial charge is 0.408 e. The summed E-state index contributed by atoms with van der Waals surface area (Å²) in [6.45, 7) is 4.36. The SMILES string of the molecule is COc1ccc(-c2cc(C(NS(=O)(=O)NC(C)(C)C)C(F)(F)F)ccc2F)cc1C(=O)O. The maximum atomic E-state index is 14.5. The van der Waals surface area contributed by atoms with E-state index in [0.29, 0.717) is 0 Å². The third-order valence-electron chi connectivity index (χ3n) is 4.11. The molecule has 0 bridgehead atoms. The van der Waals surface area contributed by atoms with E-state index in [9.17, 15) is 35.9 Å². The predicted octanol–water partition coefficient (Wildman–Crippen LogP) is 4.03. The van der Waals surface area contributed by atoms with E-state index in [4.69, 9.17) is 4.74 Å². The van der Waals surface area contributed by atoms with Crippen molar-refractivity contribution in [1.29, 1.82) is 0 Å². The van der Waals surface area contributed by atoms with Gasteiger partial charge in [-0.3, -0.25) is 0 Å². The monoisotopic (exact) mass is 478 g/mol. The molecule has 2 rings (SSSR count). The molecular weight excluding hydrogens is 456 g/mol. The quantitative estimate of drug-likeness (QED) is 0.522. The maximum absolute atomic E-state index is 14.5. The van der Waals surface area contributed by atoms with E-state index in [1.54, 1.807) is 4.72 Å². The van der Waals surface area contributed by atoms with E-state index in [0.717, 1.165) is 24.3 Å². The van der Waals surface area contributed by atoms with Gasteiger partial charge in [0.15, 0.2) is 0 Å². The van der Waals surface area contributed by atoms with Crippen molar-refractivity contribution in [2.75, 3.05) is 7.11 Å². The van der Waals surface area contributed by atoms with Crippen LogP contribution in [0.25, 0.3) is 11.1 Å². The first-order valence-corrected chi connectivity index (χ1v) is 10.6. The Morgan fingerprint density at radius 2 is 1.72 bits per heavy atom. The van der Waals surface area contributed by atoms with E-state index in [1.165, 1.54) is 40.0 Å². The number of halogens is 4. The molecule has 0 amide bonds. The number of methoxy groups -OCH3 is 1. The normalized spacial score (nSPS) is 13.6. The minimum Gasteiger partial charge on any atom is -0.496 e. The lowest BCUT2D eigenvalue weighted by molar-refractivity contribution is -0.153. The lowest BCUT2D eigenvalue weighted by Gasteiger charge is -2.26. The van der Waals surface area contributed by atoms with Gasteiger partial charge in [-0.1, -0.05) is 12.1 Å². The summed E-state index contributed by atoms with van der Waals surface area (Å²) in [5.41, 5.74) is -2.33. The molecule has 0 heterocycles. The number of nitrogens with one attached hydrogen (secondary N) is 2. The van der Waals surface area contributed by atoms with Crippen LogP contribution in [0.15, 0.2) is 36.4 Å². The van der Waals surface area contributed by atoms with Crippen LogP contribution in [0.2, 0.25) is 0 Å². The number of rotatable bonds is 7. The van der Waals surface area contributed by atoms with Gasteiger partial charge in [-0.25, -0.2) is 9.18 Å². The third-order valence-corrected chi connectivity index (χ3v) is 5.53. The summed E-state index contributed by atoms with van der Waals surface area (Å²) in [5.74, 6) is -2.33. The van der Waals surface area contributed by atoms with Crippen molar-refractivity contribution < 1.29 is 40.6 Å². The van der Waals surface area contributed by atoms with Crippen LogP contribution >= 0.6 is 0 Å². The Labute approximate surface area is 182 Å². The van der Waals surface area contributed by atoms with Crippen LogP contribution < -0.4 is 14.2 Å². The molecule has 0 aromatic heterocycles. The van der Waals surface area contributed by atoms with Gasteiger partial charge in [0.25, 0.3) is 10.2 Å². The zero-order valence-electron chi connectivity index (χ0n) is 17.5. The lowest BCUT2D eigenvalue weighted by Crippen LogP contribution is -2.50. The van der Waals surface area contributed by atoms with Gasteiger partial charge in [0.05, 0.1) is 7.11 Å². The van der Waals surface area contributed by atoms with Gasteiger partial charge in [0.2, 0.25) is 0 Å². The molecule has 32 heavy (non-hydrogen) atoms. The number of aromatic carboxylic acids is 1. The van der Waals surface area contributed by atoms with Crippen molar-refractivity contribution >= 4 is 16.2 Å². The van der Waals surface area contributed by atoms with Gasteiger partial charge < -0.3 is 9.84 Å². The minimum absolute atomic E-state index is 0.0213. The van der Waals surface area contributed by atoms with Crippen LogP contribution in [-0.2, 0) is 10.2 Å². The van der Waals surface area contributed by atoms with Crippen LogP contribution in [-0.4, -0.2) is 38.3 Å². The zero-order chi connectivity index (χ0) is 24.5. The van der Waals surface area contributed by atoms with E-state index in [1.807, 2.05) is 0 Å². The Balaban J connectivity index is 2.58. The van der Waals surface area contributed by atoms with Crippen LogP contribution in [0.5, 0.6) is 5.75 Å². The second-order valence-corrected chi connectivity index (χ2v) is 9.35. The Bertz CT molecular complexity index is 1110. The van der Waals surface area contributed by atoms with Crippen LogP contribution in [0.3, 0.4) is 0 Å². The van der Waals surface area contributed by atoms with E-state index in [-0.39, 0.29) is 22.4 Å². The average molecular weight is 478 g/mol. The maximum Gasteiger partial charge on any atom is 0.408 e. The molecule has 0 saturated carbocycles. The highest BCUT2D eigenvalue weighted by atomic mass is 32.2. The largest absolute Gasteiger partial charge is 0.496 e. The summed E-state index contributed by atoms with van der Waals surface area (Å²) in [5, 5.41) is 9.30. The molecule has 1 unspecified atom stereocenters. The molecule has 2 aromatic rings. The molecule has 0 spiro atoms. The molecule has 3 N–H and O–H groups in total. The second-order valence-electron chi connectivity index (χ2n) is 7.91. The zero-order valence-corrected chi connectivity index (χ0v) is 18.4. The van der Waals surface area contributed by atoms with Crippen molar-refractivity contribution in [1.82, 2.24) is 9.44 Å². The van der Waals surface area contributed by atoms with Gasteiger partial charge in [-0.2, -0.15) is 31.0 Å². The molecule has 0 aliphatic rings. The summed E-state index contributed by atoms with van der Waals surface area (Å²) < 4.78 is 88.6. The van der Waals surface area contributed by atoms with Gasteiger partial charge >= 0.3 is 12.1 Å². The molecule has 0 aliphatic carbocycles. The minimum atomic E-state index is -5.05. The van der Waals surface area contributed by atoms with Crippen LogP contribution in [0.1, 0.15) is 42.7 Å². The Kier molecular flexibility index (Phi) is 7.22. The van der Waals surface area contributed by atoms with Gasteiger partial charge in [0.1, 0.15) is 23.2 Å². The standard InChI is InChI=1S/C20H22F4N2O5S/c1-19(2,3)26-32(29,30)25-17(20(22,23)24)12-5-7-15(21)13(10-12)11-6-8-16(31-4)14(9-11)18(27)28/h5-10,17,25-26H,1-4H3,(H,27,28). The molecular formula is C20H22F4N2O5S. The molecule has 0 aliphatic heterocycles. The number of alkyl halides is 3. The number of ether oxygens (including phenoxy) is 1. The topological polar surface area (TPSA) is 105 Å². The highest BCUT2D eigenvalue weighted by Crippen LogP contribution is 2.36. The molecule has 0 saturated heterocycles.